The lowest BCUT2D eigenvalue weighted by Gasteiger charge is -2.02. The van der Waals surface area contributed by atoms with Crippen LogP contribution in [0, 0.1) is 0 Å². The zero-order chi connectivity index (χ0) is 12.5. The second-order valence-electron chi connectivity index (χ2n) is 3.80. The van der Waals surface area contributed by atoms with Crippen molar-refractivity contribution in [3.63, 3.8) is 0 Å². The molecule has 0 fully saturated rings. The quantitative estimate of drug-likeness (QED) is 0.729. The van der Waals surface area contributed by atoms with E-state index in [0.717, 1.165) is 9.35 Å². The third kappa shape index (κ3) is 2.09. The summed E-state index contributed by atoms with van der Waals surface area (Å²) in [5.41, 5.74) is 0.524. The predicted molar refractivity (Wildman–Crippen MR) is 74.9 cm³/mol. The molecule has 0 radical (unpaired) electrons. The third-order valence-corrected chi connectivity index (χ3v) is 4.24. The minimum Gasteiger partial charge on any atom is -0.267 e. The summed E-state index contributed by atoms with van der Waals surface area (Å²) >= 11 is 4.97. The van der Waals surface area contributed by atoms with Gasteiger partial charge >= 0.3 is 0 Å². The lowest BCUT2D eigenvalue weighted by molar-refractivity contribution is 0.606. The Hall–Kier alpha value is -1.53. The normalized spacial score (nSPS) is 10.9. The molecule has 2 aromatic heterocycles. The molecule has 18 heavy (non-hydrogen) atoms. The largest absolute Gasteiger partial charge is 0.277 e. The number of rotatable bonds is 2. The average molecular weight is 322 g/mol. The second-order valence-corrected chi connectivity index (χ2v) is 5.71. The zero-order valence-electron chi connectivity index (χ0n) is 9.21. The summed E-state index contributed by atoms with van der Waals surface area (Å²) in [5, 5.41) is 10.6. The molecule has 90 valence electrons. The van der Waals surface area contributed by atoms with Gasteiger partial charge in [0.1, 0.15) is 5.52 Å². The van der Waals surface area contributed by atoms with Crippen LogP contribution < -0.4 is 5.56 Å². The number of hydrogen-bond donors (Lipinski definition) is 0. The first-order valence-corrected chi connectivity index (χ1v) is 6.97. The van der Waals surface area contributed by atoms with E-state index in [1.54, 1.807) is 23.5 Å². The molecule has 0 unspecified atom stereocenters. The Morgan fingerprint density at radius 1 is 1.33 bits per heavy atom. The molecule has 3 aromatic rings. The van der Waals surface area contributed by atoms with Gasteiger partial charge in [0.25, 0.3) is 5.56 Å². The van der Waals surface area contributed by atoms with Crippen LogP contribution in [0.3, 0.4) is 0 Å². The van der Waals surface area contributed by atoms with Gasteiger partial charge in [0.2, 0.25) is 0 Å². The van der Waals surface area contributed by atoms with Crippen LogP contribution >= 0.6 is 27.3 Å². The Morgan fingerprint density at radius 3 is 2.94 bits per heavy atom. The van der Waals surface area contributed by atoms with E-state index < -0.39 is 0 Å². The predicted octanol–water partition coefficient (Wildman–Crippen LogP) is 2.66. The average Bonchev–Trinajstić information content (AvgIpc) is 2.79. The first-order chi connectivity index (χ1) is 8.74. The van der Waals surface area contributed by atoms with Crippen molar-refractivity contribution in [2.75, 3.05) is 0 Å². The van der Waals surface area contributed by atoms with Crippen molar-refractivity contribution in [2.45, 2.75) is 6.54 Å². The Morgan fingerprint density at radius 2 is 2.17 bits per heavy atom. The lowest BCUT2D eigenvalue weighted by atomic mass is 10.2. The Labute approximate surface area is 115 Å². The number of thiophene rings is 1. The van der Waals surface area contributed by atoms with Crippen molar-refractivity contribution in [3.8, 4) is 0 Å². The molecule has 4 nitrogen and oxygen atoms in total. The number of nitrogens with zero attached hydrogens (tertiary/aromatic N) is 3. The van der Waals surface area contributed by atoms with Crippen LogP contribution in [0.4, 0.5) is 0 Å². The maximum atomic E-state index is 12.2. The number of fused-ring (bicyclic) bond motifs is 1. The second kappa shape index (κ2) is 4.62. The van der Waals surface area contributed by atoms with Crippen molar-refractivity contribution in [3.05, 3.63) is 55.4 Å². The van der Waals surface area contributed by atoms with Gasteiger partial charge in [0, 0.05) is 14.7 Å². The molecule has 0 aliphatic carbocycles. The Kier molecular flexibility index (Phi) is 2.97. The molecule has 6 heteroatoms. The van der Waals surface area contributed by atoms with E-state index in [1.807, 2.05) is 23.6 Å². The fourth-order valence-corrected chi connectivity index (χ4v) is 3.14. The van der Waals surface area contributed by atoms with Crippen LogP contribution in [0.15, 0.2) is 45.0 Å². The number of benzene rings is 1. The number of aromatic nitrogens is 3. The van der Waals surface area contributed by atoms with Gasteiger partial charge in [-0.1, -0.05) is 17.3 Å². The van der Waals surface area contributed by atoms with Gasteiger partial charge in [0.05, 0.1) is 11.9 Å². The monoisotopic (exact) mass is 321 g/mol. The van der Waals surface area contributed by atoms with Crippen LogP contribution in [0.1, 0.15) is 4.88 Å². The molecule has 0 N–H and O–H groups in total. The highest BCUT2D eigenvalue weighted by atomic mass is 79.9. The molecule has 0 atom stereocenters. The van der Waals surface area contributed by atoms with E-state index in [1.165, 1.54) is 4.68 Å². The molecule has 0 amide bonds. The van der Waals surface area contributed by atoms with Crippen LogP contribution in [0.5, 0.6) is 0 Å². The fraction of sp³-hybridized carbons (Fsp3) is 0.0833. The number of halogens is 1. The van der Waals surface area contributed by atoms with Gasteiger partial charge in [-0.15, -0.1) is 16.4 Å². The highest BCUT2D eigenvalue weighted by Crippen LogP contribution is 2.20. The van der Waals surface area contributed by atoms with E-state index in [-0.39, 0.29) is 5.56 Å². The highest BCUT2D eigenvalue weighted by molar-refractivity contribution is 9.10. The van der Waals surface area contributed by atoms with Gasteiger partial charge in [-0.25, -0.2) is 4.68 Å². The maximum absolute atomic E-state index is 12.2. The molecule has 0 aliphatic rings. The molecular formula is C12H8BrN3OS. The first kappa shape index (κ1) is 11.6. The SMILES string of the molecule is O=c1c2ccccc2nnn1Cc1cc(Br)cs1. The van der Waals surface area contributed by atoms with Crippen LogP contribution in [0.2, 0.25) is 0 Å². The molecule has 3 rings (SSSR count). The van der Waals surface area contributed by atoms with Gasteiger partial charge in [-0.2, -0.15) is 0 Å². The molecule has 0 saturated carbocycles. The molecule has 0 saturated heterocycles. The van der Waals surface area contributed by atoms with Crippen molar-refractivity contribution >= 4 is 38.2 Å². The zero-order valence-corrected chi connectivity index (χ0v) is 11.6. The Balaban J connectivity index is 2.08. The van der Waals surface area contributed by atoms with Gasteiger partial charge in [-0.3, -0.25) is 4.79 Å². The first-order valence-electron chi connectivity index (χ1n) is 5.29. The van der Waals surface area contributed by atoms with Crippen molar-refractivity contribution in [2.24, 2.45) is 0 Å². The topological polar surface area (TPSA) is 47.8 Å². The fourth-order valence-electron chi connectivity index (χ4n) is 1.71. The van der Waals surface area contributed by atoms with Gasteiger partial charge in [-0.05, 0) is 34.1 Å². The third-order valence-electron chi connectivity index (χ3n) is 2.56. The number of hydrogen-bond acceptors (Lipinski definition) is 4. The summed E-state index contributed by atoms with van der Waals surface area (Å²) in [6.45, 7) is 0.451. The highest BCUT2D eigenvalue weighted by Gasteiger charge is 2.06. The van der Waals surface area contributed by atoms with Gasteiger partial charge in [0.15, 0.2) is 0 Å². The van der Waals surface area contributed by atoms with E-state index in [2.05, 4.69) is 26.2 Å². The maximum Gasteiger partial charge on any atom is 0.277 e. The standard InChI is InChI=1S/C12H8BrN3OS/c13-8-5-9(18-7-8)6-16-12(17)10-3-1-2-4-11(10)14-15-16/h1-5,7H,6H2. The van der Waals surface area contributed by atoms with E-state index in [0.29, 0.717) is 17.4 Å². The lowest BCUT2D eigenvalue weighted by Crippen LogP contribution is -2.24. The van der Waals surface area contributed by atoms with E-state index >= 15 is 0 Å². The van der Waals surface area contributed by atoms with Crippen molar-refractivity contribution in [1.29, 1.82) is 0 Å². The molecule has 1 aromatic carbocycles. The van der Waals surface area contributed by atoms with Gasteiger partial charge < -0.3 is 0 Å². The summed E-state index contributed by atoms with van der Waals surface area (Å²) in [5.74, 6) is 0. The van der Waals surface area contributed by atoms with Crippen LogP contribution in [-0.4, -0.2) is 15.0 Å². The minimum absolute atomic E-state index is 0.106. The smallest absolute Gasteiger partial charge is 0.267 e. The summed E-state index contributed by atoms with van der Waals surface area (Å²) < 4.78 is 2.41. The molecule has 2 heterocycles. The molecular weight excluding hydrogens is 314 g/mol. The van der Waals surface area contributed by atoms with E-state index in [9.17, 15) is 4.79 Å². The van der Waals surface area contributed by atoms with Crippen LogP contribution in [-0.2, 0) is 6.54 Å². The summed E-state index contributed by atoms with van der Waals surface area (Å²) in [7, 11) is 0. The molecule has 0 spiro atoms. The van der Waals surface area contributed by atoms with E-state index in [4.69, 9.17) is 0 Å². The minimum atomic E-state index is -0.106. The van der Waals surface area contributed by atoms with Crippen molar-refractivity contribution in [1.82, 2.24) is 15.0 Å². The van der Waals surface area contributed by atoms with Crippen LogP contribution in [0.25, 0.3) is 10.9 Å². The summed E-state index contributed by atoms with van der Waals surface area (Å²) in [6, 6.07) is 9.21. The molecule has 0 bridgehead atoms. The van der Waals surface area contributed by atoms with Crippen molar-refractivity contribution < 1.29 is 0 Å². The Bertz CT molecular complexity index is 765. The molecule has 0 aliphatic heterocycles. The summed E-state index contributed by atoms with van der Waals surface area (Å²) in [4.78, 5) is 13.3. The summed E-state index contributed by atoms with van der Waals surface area (Å²) in [6.07, 6.45) is 0.